The minimum Gasteiger partial charge on any atom is -0.509 e. The van der Waals surface area contributed by atoms with Crippen LogP contribution in [0.1, 0.15) is 63.8 Å². The molecule has 0 saturated heterocycles. The number of aromatic nitrogens is 2. The van der Waals surface area contributed by atoms with Crippen LogP contribution in [0, 0.1) is 18.8 Å². The van der Waals surface area contributed by atoms with E-state index in [4.69, 9.17) is 9.72 Å². The molecule has 0 atom stereocenters. The van der Waals surface area contributed by atoms with Crippen LogP contribution in [0.2, 0.25) is 0 Å². The van der Waals surface area contributed by atoms with Gasteiger partial charge in [0, 0.05) is 61.3 Å². The summed E-state index contributed by atoms with van der Waals surface area (Å²) in [6, 6.07) is 58.7. The number of anilines is 3. The van der Waals surface area contributed by atoms with Crippen LogP contribution in [-0.4, -0.2) is 21.2 Å². The summed E-state index contributed by atoms with van der Waals surface area (Å²) >= 11 is 0. The molecular formula is C58H49BN5OPt-3. The van der Waals surface area contributed by atoms with E-state index >= 15 is 0 Å². The van der Waals surface area contributed by atoms with Crippen molar-refractivity contribution >= 4 is 57.0 Å². The van der Waals surface area contributed by atoms with E-state index in [9.17, 15) is 0 Å². The maximum atomic E-state index is 6.69. The molecule has 328 valence electrons. The van der Waals surface area contributed by atoms with Crippen molar-refractivity contribution in [3.05, 3.63) is 229 Å². The van der Waals surface area contributed by atoms with Crippen molar-refractivity contribution in [1.29, 1.82) is 0 Å². The van der Waals surface area contributed by atoms with Gasteiger partial charge in [-0.15, -0.1) is 48.1 Å². The van der Waals surface area contributed by atoms with Gasteiger partial charge in [0.25, 0.3) is 0 Å². The van der Waals surface area contributed by atoms with Gasteiger partial charge in [-0.05, 0) is 86.7 Å². The van der Waals surface area contributed by atoms with Crippen molar-refractivity contribution in [3.63, 3.8) is 0 Å². The largest absolute Gasteiger partial charge is 0.509 e. The molecule has 5 heterocycles. The number of allylic oxidation sites excluding steroid dienone is 3. The maximum Gasteiger partial charge on any atom is 0.313 e. The number of benzene rings is 6. The first-order valence-corrected chi connectivity index (χ1v) is 22.4. The predicted molar refractivity (Wildman–Crippen MR) is 269 cm³/mol. The van der Waals surface area contributed by atoms with Gasteiger partial charge < -0.3 is 23.9 Å². The van der Waals surface area contributed by atoms with E-state index in [1.807, 2.05) is 24.4 Å². The van der Waals surface area contributed by atoms with Crippen LogP contribution in [0.3, 0.4) is 0 Å². The molecule has 0 unspecified atom stereocenters. The van der Waals surface area contributed by atoms with Crippen molar-refractivity contribution in [3.8, 4) is 17.3 Å². The average Bonchev–Trinajstić information content (AvgIpc) is 3.87. The second kappa shape index (κ2) is 16.9. The minimum atomic E-state index is -0.0280. The second-order valence-corrected chi connectivity index (χ2v) is 19.0. The van der Waals surface area contributed by atoms with Crippen LogP contribution in [0.4, 0.5) is 17.1 Å². The quantitative estimate of drug-likeness (QED) is 0.117. The zero-order valence-corrected chi connectivity index (χ0v) is 40.2. The molecule has 8 heteroatoms. The second-order valence-electron chi connectivity index (χ2n) is 19.0. The molecule has 0 aliphatic carbocycles. The number of pyridine rings is 1. The minimum absolute atomic E-state index is 0. The van der Waals surface area contributed by atoms with Gasteiger partial charge in [0.2, 0.25) is 0 Å². The van der Waals surface area contributed by atoms with Crippen molar-refractivity contribution in [1.82, 2.24) is 14.4 Å². The molecule has 0 saturated carbocycles. The van der Waals surface area contributed by atoms with Crippen LogP contribution >= 0.6 is 0 Å². The molecule has 0 radical (unpaired) electrons. The standard InChI is InChI=1S/C58H49BN5O.Pt/c1-57(2,3)42-27-25-41(26-28-42)55-56(49(40-17-8-7-9-18-40)38-59-32-14-15-34-63(55)59)62-39-61(51-23-12-13-24-52(51)62)44-19-16-20-45(36-44)65-46-29-30-48-47-21-10-11-22-50(47)64(53(48)37-46)54-35-43(31-33-60-54)58(4,5)6;/h7-35,38-39H,1-6H3;/q-3;. The fraction of sp³-hybridized carbons (Fsp3) is 0.138. The van der Waals surface area contributed by atoms with Gasteiger partial charge in [-0.1, -0.05) is 150 Å². The molecule has 0 N–H and O–H groups in total. The van der Waals surface area contributed by atoms with Crippen molar-refractivity contribution < 1.29 is 25.8 Å². The molecule has 8 aromatic rings. The van der Waals surface area contributed by atoms with Gasteiger partial charge in [-0.3, -0.25) is 0 Å². The Labute approximate surface area is 403 Å². The van der Waals surface area contributed by atoms with Crippen LogP contribution in [0.15, 0.2) is 188 Å². The summed E-state index contributed by atoms with van der Waals surface area (Å²) in [5.74, 6) is 6.70. The summed E-state index contributed by atoms with van der Waals surface area (Å²) in [7, 11) is 0. The summed E-state index contributed by atoms with van der Waals surface area (Å²) in [5, 5.41) is 2.23. The normalized spacial score (nSPS) is 14.7. The summed E-state index contributed by atoms with van der Waals surface area (Å²) in [4.78, 5) is 11.8. The van der Waals surface area contributed by atoms with Crippen LogP contribution in [0.25, 0.3) is 38.9 Å². The Morgan fingerprint density at radius 2 is 1.32 bits per heavy atom. The third-order valence-electron chi connectivity index (χ3n) is 12.7. The number of para-hydroxylation sites is 3. The Balaban J connectivity index is 0.00000511. The SMILES string of the molecule is CC(C)(C)c1ccc(C2=C(N3[CH-]N(c4[c-]c(Oc5[c-]c6c(cc5)c5ccccc5n6-c5cc(C(C)(C)C)ccn5)ccc4)c4ccccc43)C(c3ccccc3)=CB3C=CC=CN32)cc1.[Pt]. The third-order valence-corrected chi connectivity index (χ3v) is 12.7. The van der Waals surface area contributed by atoms with Crippen molar-refractivity contribution in [2.24, 2.45) is 0 Å². The molecule has 6 nitrogen and oxygen atoms in total. The Morgan fingerprint density at radius 1 is 0.606 bits per heavy atom. The van der Waals surface area contributed by atoms with Crippen LogP contribution in [-0.2, 0) is 31.9 Å². The molecule has 11 rings (SSSR count). The van der Waals surface area contributed by atoms with Crippen molar-refractivity contribution in [2.75, 3.05) is 9.80 Å². The van der Waals surface area contributed by atoms with Gasteiger partial charge in [-0.2, -0.15) is 12.1 Å². The Morgan fingerprint density at radius 3 is 2.09 bits per heavy atom. The molecule has 0 fully saturated rings. The zero-order chi connectivity index (χ0) is 44.5. The molecular weight excluding hydrogens is 989 g/mol. The van der Waals surface area contributed by atoms with E-state index in [1.54, 1.807) is 0 Å². The molecule has 0 amide bonds. The Bertz CT molecular complexity index is 3260. The van der Waals surface area contributed by atoms with Gasteiger partial charge in [0.15, 0.2) is 0 Å². The van der Waals surface area contributed by atoms with E-state index in [2.05, 4.69) is 237 Å². The number of hydrogen-bond acceptors (Lipinski definition) is 5. The first-order valence-electron chi connectivity index (χ1n) is 22.4. The number of ether oxygens (including phenoxy) is 1. The Kier molecular flexibility index (Phi) is 11.0. The van der Waals surface area contributed by atoms with E-state index in [-0.39, 0.29) is 38.7 Å². The molecule has 3 aliphatic heterocycles. The van der Waals surface area contributed by atoms with E-state index in [0.717, 1.165) is 67.2 Å². The van der Waals surface area contributed by atoms with E-state index in [0.29, 0.717) is 11.5 Å². The summed E-state index contributed by atoms with van der Waals surface area (Å²) in [5.41, 5.74) is 13.2. The van der Waals surface area contributed by atoms with Crippen LogP contribution < -0.4 is 14.5 Å². The first kappa shape index (κ1) is 43.1. The molecule has 6 aromatic carbocycles. The number of hydrogen-bond donors (Lipinski definition) is 0. The van der Waals surface area contributed by atoms with Crippen molar-refractivity contribution in [2.45, 2.75) is 52.4 Å². The topological polar surface area (TPSA) is 36.8 Å². The molecule has 66 heavy (non-hydrogen) atoms. The predicted octanol–water partition coefficient (Wildman–Crippen LogP) is 14.2. The van der Waals surface area contributed by atoms with Gasteiger partial charge in [-0.25, -0.2) is 4.98 Å². The van der Waals surface area contributed by atoms with E-state index in [1.165, 1.54) is 16.7 Å². The fourth-order valence-corrected chi connectivity index (χ4v) is 9.30. The van der Waals surface area contributed by atoms with Crippen LogP contribution in [0.5, 0.6) is 11.5 Å². The number of fused-ring (bicyclic) bond motifs is 5. The van der Waals surface area contributed by atoms with Gasteiger partial charge in [0.05, 0.1) is 5.70 Å². The molecule has 0 spiro atoms. The molecule has 2 aromatic heterocycles. The zero-order valence-electron chi connectivity index (χ0n) is 37.9. The first-order chi connectivity index (χ1) is 31.5. The smallest absolute Gasteiger partial charge is 0.313 e. The fourth-order valence-electron chi connectivity index (χ4n) is 9.30. The molecule has 3 aliphatic rings. The number of rotatable bonds is 7. The molecule has 0 bridgehead atoms. The summed E-state index contributed by atoms with van der Waals surface area (Å²) in [6.07, 6.45) is 8.38. The summed E-state index contributed by atoms with van der Waals surface area (Å²) < 4.78 is 8.88. The maximum absolute atomic E-state index is 6.69. The Hall–Kier alpha value is -6.82. The van der Waals surface area contributed by atoms with E-state index < -0.39 is 0 Å². The number of nitrogens with zero attached hydrogens (tertiary/aromatic N) is 5. The average molecular weight is 1040 g/mol. The van der Waals surface area contributed by atoms with Gasteiger partial charge >= 0.3 is 6.85 Å². The summed E-state index contributed by atoms with van der Waals surface area (Å²) in [6.45, 7) is 15.7. The monoisotopic (exact) mass is 1040 g/mol. The third kappa shape index (κ3) is 7.69. The van der Waals surface area contributed by atoms with Gasteiger partial charge in [0.1, 0.15) is 5.82 Å².